The van der Waals surface area contributed by atoms with Gasteiger partial charge < -0.3 is 14.8 Å². The first kappa shape index (κ1) is 22.7. The zero-order valence-electron chi connectivity index (χ0n) is 18.8. The number of nitrogens with zero attached hydrogens (tertiary/aromatic N) is 2. The van der Waals surface area contributed by atoms with Gasteiger partial charge in [0.2, 0.25) is 12.7 Å². The van der Waals surface area contributed by atoms with Crippen LogP contribution in [0.3, 0.4) is 0 Å². The largest absolute Gasteiger partial charge is 0.454 e. The highest BCUT2D eigenvalue weighted by Crippen LogP contribution is 2.37. The second-order valence-corrected chi connectivity index (χ2v) is 8.88. The lowest BCUT2D eigenvalue weighted by Gasteiger charge is -2.14. The Labute approximate surface area is 204 Å². The number of carbonyl (C=O) groups is 2. The molecule has 0 spiro atoms. The molecule has 0 fully saturated rings. The fourth-order valence-corrected chi connectivity index (χ4v) is 4.61. The highest BCUT2D eigenvalue weighted by Gasteiger charge is 2.21. The molecule has 0 saturated heterocycles. The van der Waals surface area contributed by atoms with Crippen molar-refractivity contribution in [3.63, 3.8) is 0 Å². The molecule has 8 nitrogen and oxygen atoms in total. The number of ether oxygens (including phenoxy) is 2. The average molecular weight is 488 g/mol. The molecule has 1 amide bonds. The maximum Gasteiger partial charge on any atom is 0.262 e. The van der Waals surface area contributed by atoms with Crippen molar-refractivity contribution < 1.29 is 19.1 Å². The molecule has 4 aromatic rings. The number of Topliss-reactive ketones (excluding diaryl/α,β-unsaturated/α-hetero) is 1. The van der Waals surface area contributed by atoms with Gasteiger partial charge in [-0.15, -0.1) is 0 Å². The van der Waals surface area contributed by atoms with Crippen molar-refractivity contribution in [1.29, 1.82) is 0 Å². The van der Waals surface area contributed by atoms with Gasteiger partial charge in [0.25, 0.3) is 5.56 Å². The molecule has 176 valence electrons. The molecule has 0 bridgehead atoms. The van der Waals surface area contributed by atoms with E-state index >= 15 is 0 Å². The Kier molecular flexibility index (Phi) is 6.24. The topological polar surface area (TPSA) is 99.5 Å². The minimum atomic E-state index is -0.343. The lowest BCUT2D eigenvalue weighted by molar-refractivity contribution is -0.113. The molecule has 9 heteroatoms. The maximum absolute atomic E-state index is 13.3. The van der Waals surface area contributed by atoms with Crippen molar-refractivity contribution in [3.05, 3.63) is 88.2 Å². The second kappa shape index (κ2) is 9.63. The highest BCUT2D eigenvalue weighted by molar-refractivity contribution is 7.99. The van der Waals surface area contributed by atoms with Crippen LogP contribution in [-0.2, 0) is 11.3 Å². The quantitative estimate of drug-likeness (QED) is 0.238. The van der Waals surface area contributed by atoms with Gasteiger partial charge in [0.15, 0.2) is 22.4 Å². The standard InChI is InChI=1S/C26H21N3O5S/c1-16(30)19-11-22-23(34-15-33-22)12-21(19)27-24(31)14-35-26-28-20-10-6-5-9-18(20)25(32)29(26)13-17-7-3-2-4-8-17/h2-12H,13-15H2,1H3,(H,27,31). The number of anilines is 1. The van der Waals surface area contributed by atoms with Gasteiger partial charge in [0.1, 0.15) is 0 Å². The van der Waals surface area contributed by atoms with Gasteiger partial charge in [0, 0.05) is 11.6 Å². The van der Waals surface area contributed by atoms with E-state index in [0.29, 0.717) is 45.4 Å². The minimum Gasteiger partial charge on any atom is -0.454 e. The third-order valence-corrected chi connectivity index (χ3v) is 6.49. The van der Waals surface area contributed by atoms with Crippen LogP contribution in [0.15, 0.2) is 76.7 Å². The molecular weight excluding hydrogens is 466 g/mol. The van der Waals surface area contributed by atoms with E-state index in [1.54, 1.807) is 34.9 Å². The summed E-state index contributed by atoms with van der Waals surface area (Å²) in [4.78, 5) is 42.9. The Hall–Kier alpha value is -4.11. The van der Waals surface area contributed by atoms with E-state index in [1.165, 1.54) is 6.92 Å². The van der Waals surface area contributed by atoms with E-state index in [4.69, 9.17) is 9.47 Å². The molecule has 0 atom stereocenters. The summed E-state index contributed by atoms with van der Waals surface area (Å²) in [7, 11) is 0. The maximum atomic E-state index is 13.3. The Balaban J connectivity index is 1.41. The van der Waals surface area contributed by atoms with Gasteiger partial charge >= 0.3 is 0 Å². The number of amides is 1. The lowest BCUT2D eigenvalue weighted by atomic mass is 10.1. The van der Waals surface area contributed by atoms with Crippen LogP contribution in [0.4, 0.5) is 5.69 Å². The first-order chi connectivity index (χ1) is 17.0. The van der Waals surface area contributed by atoms with Gasteiger partial charge in [-0.25, -0.2) is 4.98 Å². The number of nitrogens with one attached hydrogen (secondary N) is 1. The number of rotatable bonds is 7. The van der Waals surface area contributed by atoms with Gasteiger partial charge in [-0.05, 0) is 30.7 Å². The molecule has 0 aliphatic carbocycles. The van der Waals surface area contributed by atoms with E-state index in [0.717, 1.165) is 17.3 Å². The summed E-state index contributed by atoms with van der Waals surface area (Å²) < 4.78 is 12.3. The first-order valence-electron chi connectivity index (χ1n) is 10.9. The normalized spacial score (nSPS) is 12.0. The third kappa shape index (κ3) is 4.76. The molecule has 3 aromatic carbocycles. The Morgan fingerprint density at radius 3 is 2.51 bits per heavy atom. The molecule has 1 aromatic heterocycles. The van der Waals surface area contributed by atoms with Crippen molar-refractivity contribution in [3.8, 4) is 11.5 Å². The number of hydrogen-bond acceptors (Lipinski definition) is 7. The van der Waals surface area contributed by atoms with Crippen molar-refractivity contribution in [2.75, 3.05) is 17.9 Å². The second-order valence-electron chi connectivity index (χ2n) is 7.93. The number of benzene rings is 3. The van der Waals surface area contributed by atoms with Crippen LogP contribution >= 0.6 is 11.8 Å². The van der Waals surface area contributed by atoms with Crippen LogP contribution in [0.5, 0.6) is 11.5 Å². The Bertz CT molecular complexity index is 1500. The molecule has 0 radical (unpaired) electrons. The Morgan fingerprint density at radius 2 is 1.74 bits per heavy atom. The third-order valence-electron chi connectivity index (χ3n) is 5.51. The summed E-state index contributed by atoms with van der Waals surface area (Å²) in [5, 5.41) is 3.73. The fraction of sp³-hybridized carbons (Fsp3) is 0.154. The zero-order valence-corrected chi connectivity index (χ0v) is 19.6. The molecule has 35 heavy (non-hydrogen) atoms. The van der Waals surface area contributed by atoms with E-state index in [2.05, 4.69) is 10.3 Å². The van der Waals surface area contributed by atoms with Gasteiger partial charge in [-0.3, -0.25) is 19.0 Å². The molecule has 2 heterocycles. The van der Waals surface area contributed by atoms with E-state index in [1.807, 2.05) is 36.4 Å². The predicted octanol–water partition coefficient (Wildman–Crippen LogP) is 4.11. The van der Waals surface area contributed by atoms with E-state index in [-0.39, 0.29) is 29.8 Å². The predicted molar refractivity (Wildman–Crippen MR) is 133 cm³/mol. The fourth-order valence-electron chi connectivity index (χ4n) is 3.82. The smallest absolute Gasteiger partial charge is 0.262 e. The van der Waals surface area contributed by atoms with Crippen molar-refractivity contribution in [2.45, 2.75) is 18.6 Å². The number of para-hydroxylation sites is 1. The number of fused-ring (bicyclic) bond motifs is 2. The molecule has 0 saturated carbocycles. The van der Waals surface area contributed by atoms with Gasteiger partial charge in [-0.2, -0.15) is 0 Å². The van der Waals surface area contributed by atoms with Crippen LogP contribution in [0.2, 0.25) is 0 Å². The van der Waals surface area contributed by atoms with E-state index in [9.17, 15) is 14.4 Å². The van der Waals surface area contributed by atoms with Crippen LogP contribution in [0, 0.1) is 0 Å². The molecule has 1 aliphatic rings. The van der Waals surface area contributed by atoms with Crippen LogP contribution in [-0.4, -0.2) is 33.8 Å². The number of aromatic nitrogens is 2. The van der Waals surface area contributed by atoms with Crippen LogP contribution in [0.25, 0.3) is 10.9 Å². The minimum absolute atomic E-state index is 0.00857. The average Bonchev–Trinajstić information content (AvgIpc) is 3.32. The van der Waals surface area contributed by atoms with Crippen molar-refractivity contribution >= 4 is 40.0 Å². The van der Waals surface area contributed by atoms with Crippen molar-refractivity contribution in [2.24, 2.45) is 0 Å². The summed E-state index contributed by atoms with van der Waals surface area (Å²) in [6, 6.07) is 19.9. The van der Waals surface area contributed by atoms with Crippen LogP contribution in [0.1, 0.15) is 22.8 Å². The number of carbonyl (C=O) groups excluding carboxylic acids is 2. The summed E-state index contributed by atoms with van der Waals surface area (Å²) in [5.74, 6) is 0.369. The monoisotopic (exact) mass is 487 g/mol. The van der Waals surface area contributed by atoms with Crippen molar-refractivity contribution in [1.82, 2.24) is 9.55 Å². The summed E-state index contributed by atoms with van der Waals surface area (Å²) in [5.41, 5.74) is 2.03. The Morgan fingerprint density at radius 1 is 1.03 bits per heavy atom. The molecule has 5 rings (SSSR count). The molecule has 1 N–H and O–H groups in total. The zero-order chi connectivity index (χ0) is 24.4. The van der Waals surface area contributed by atoms with E-state index < -0.39 is 0 Å². The molecule has 1 aliphatic heterocycles. The molecule has 0 unspecified atom stereocenters. The number of ketones is 1. The van der Waals surface area contributed by atoms with Crippen LogP contribution < -0.4 is 20.3 Å². The lowest BCUT2D eigenvalue weighted by Crippen LogP contribution is -2.25. The first-order valence-corrected chi connectivity index (χ1v) is 11.9. The van der Waals surface area contributed by atoms with Gasteiger partial charge in [-0.1, -0.05) is 54.2 Å². The SMILES string of the molecule is CC(=O)c1cc2c(cc1NC(=O)CSc1nc3ccccc3c(=O)n1Cc1ccccc1)OCO2. The highest BCUT2D eigenvalue weighted by atomic mass is 32.2. The summed E-state index contributed by atoms with van der Waals surface area (Å²) in [6.07, 6.45) is 0. The summed E-state index contributed by atoms with van der Waals surface area (Å²) >= 11 is 1.16. The number of thioether (sulfide) groups is 1. The molecular formula is C26H21N3O5S. The van der Waals surface area contributed by atoms with Gasteiger partial charge in [0.05, 0.1) is 28.9 Å². The number of hydrogen-bond donors (Lipinski definition) is 1. The summed E-state index contributed by atoms with van der Waals surface area (Å²) in [6.45, 7) is 1.81.